The van der Waals surface area contributed by atoms with Crippen LogP contribution in [-0.2, 0) is 24.0 Å². The number of aliphatic hydroxyl groups excluding tert-OH is 1. The molecule has 30 heavy (non-hydrogen) atoms. The van der Waals surface area contributed by atoms with Crippen molar-refractivity contribution in [3.05, 3.63) is 0 Å². The van der Waals surface area contributed by atoms with E-state index in [1.165, 1.54) is 6.92 Å². The van der Waals surface area contributed by atoms with Gasteiger partial charge in [0.2, 0.25) is 23.6 Å². The Bertz CT molecular complexity index is 644. The molecule has 0 aromatic rings. The molecule has 12 nitrogen and oxygen atoms in total. The Labute approximate surface area is 179 Å². The van der Waals surface area contributed by atoms with Crippen LogP contribution in [0.4, 0.5) is 0 Å². The summed E-state index contributed by atoms with van der Waals surface area (Å²) in [5, 5.41) is 25.5. The van der Waals surface area contributed by atoms with Gasteiger partial charge in [-0.1, -0.05) is 13.8 Å². The second-order valence-electron chi connectivity index (χ2n) is 7.27. The maximum Gasteiger partial charge on any atom is 0.326 e. The monoisotopic (exact) mass is 449 g/mol. The lowest BCUT2D eigenvalue weighted by Crippen LogP contribution is -2.58. The van der Waals surface area contributed by atoms with Gasteiger partial charge in [-0.3, -0.25) is 19.2 Å². The zero-order valence-corrected chi connectivity index (χ0v) is 18.0. The third kappa shape index (κ3) is 9.89. The molecule has 5 unspecified atom stereocenters. The summed E-state index contributed by atoms with van der Waals surface area (Å²) in [6.07, 6.45) is -1.55. The first-order valence-electron chi connectivity index (χ1n) is 9.26. The lowest BCUT2D eigenvalue weighted by Gasteiger charge is -2.25. The van der Waals surface area contributed by atoms with Crippen LogP contribution >= 0.6 is 12.6 Å². The first-order chi connectivity index (χ1) is 13.8. The number of hydrogen-bond acceptors (Lipinski definition) is 8. The zero-order chi connectivity index (χ0) is 23.6. The van der Waals surface area contributed by atoms with Crippen molar-refractivity contribution in [2.45, 2.75) is 63.9 Å². The van der Waals surface area contributed by atoms with Gasteiger partial charge >= 0.3 is 5.97 Å². The summed E-state index contributed by atoms with van der Waals surface area (Å²) in [7, 11) is 0. The molecular formula is C17H31N5O7S. The Morgan fingerprint density at radius 3 is 1.77 bits per heavy atom. The average molecular weight is 450 g/mol. The largest absolute Gasteiger partial charge is 0.480 e. The molecule has 0 spiro atoms. The van der Waals surface area contributed by atoms with Gasteiger partial charge in [0.25, 0.3) is 0 Å². The number of hydrogen-bond donors (Lipinski definition) is 8. The molecule has 0 aromatic heterocycles. The number of aliphatic hydroxyl groups is 1. The van der Waals surface area contributed by atoms with Gasteiger partial charge in [0.05, 0.1) is 12.5 Å². The minimum atomic E-state index is -1.57. The van der Waals surface area contributed by atoms with Crippen LogP contribution in [0, 0.1) is 5.92 Å². The molecule has 0 aliphatic carbocycles. The van der Waals surface area contributed by atoms with E-state index in [1.54, 1.807) is 0 Å². The van der Waals surface area contributed by atoms with Gasteiger partial charge in [-0.05, 0) is 19.3 Å². The number of carboxylic acid groups (broad SMARTS) is 1. The van der Waals surface area contributed by atoms with Gasteiger partial charge in [0.1, 0.15) is 24.2 Å². The topological polar surface area (TPSA) is 214 Å². The normalized spacial score (nSPS) is 16.0. The van der Waals surface area contributed by atoms with E-state index in [4.69, 9.17) is 16.6 Å². The Morgan fingerprint density at radius 2 is 1.37 bits per heavy atom. The van der Waals surface area contributed by atoms with Crippen molar-refractivity contribution in [2.24, 2.45) is 17.4 Å². The lowest BCUT2D eigenvalue weighted by atomic mass is 10.0. The maximum absolute atomic E-state index is 12.6. The van der Waals surface area contributed by atoms with E-state index in [9.17, 15) is 29.1 Å². The van der Waals surface area contributed by atoms with E-state index >= 15 is 0 Å². The third-order valence-electron chi connectivity index (χ3n) is 4.00. The Kier molecular flexibility index (Phi) is 12.0. The summed E-state index contributed by atoms with van der Waals surface area (Å²) in [4.78, 5) is 59.2. The highest BCUT2D eigenvalue weighted by Gasteiger charge is 2.31. The van der Waals surface area contributed by atoms with Crippen molar-refractivity contribution in [3.63, 3.8) is 0 Å². The fraction of sp³-hybridized carbons (Fsp3) is 0.706. The van der Waals surface area contributed by atoms with Crippen LogP contribution in [-0.4, -0.2) is 75.8 Å². The number of thiol groups is 1. The maximum atomic E-state index is 12.6. The number of carboxylic acids is 1. The van der Waals surface area contributed by atoms with Crippen LogP contribution in [0.1, 0.15) is 33.6 Å². The van der Waals surface area contributed by atoms with E-state index in [1.807, 2.05) is 13.8 Å². The molecule has 0 heterocycles. The predicted octanol–water partition coefficient (Wildman–Crippen LogP) is -2.92. The molecule has 9 N–H and O–H groups in total. The van der Waals surface area contributed by atoms with Crippen LogP contribution < -0.4 is 27.4 Å². The molecular weight excluding hydrogens is 418 g/mol. The van der Waals surface area contributed by atoms with E-state index in [0.29, 0.717) is 0 Å². The van der Waals surface area contributed by atoms with Gasteiger partial charge in [-0.25, -0.2) is 4.79 Å². The summed E-state index contributed by atoms with van der Waals surface area (Å²) in [5.41, 5.74) is 10.5. The molecule has 0 radical (unpaired) electrons. The van der Waals surface area contributed by atoms with E-state index in [-0.39, 0.29) is 18.1 Å². The molecule has 0 saturated heterocycles. The second-order valence-corrected chi connectivity index (χ2v) is 7.64. The summed E-state index contributed by atoms with van der Waals surface area (Å²) in [6, 6.07) is -5.11. The average Bonchev–Trinajstić information content (AvgIpc) is 2.62. The smallest absolute Gasteiger partial charge is 0.326 e. The van der Waals surface area contributed by atoms with Crippen molar-refractivity contribution < 1.29 is 34.2 Å². The highest BCUT2D eigenvalue weighted by molar-refractivity contribution is 7.80. The number of rotatable bonds is 13. The van der Waals surface area contributed by atoms with E-state index in [2.05, 4.69) is 28.6 Å². The van der Waals surface area contributed by atoms with Crippen LogP contribution in [0.2, 0.25) is 0 Å². The predicted molar refractivity (Wildman–Crippen MR) is 110 cm³/mol. The first kappa shape index (κ1) is 27.6. The van der Waals surface area contributed by atoms with Gasteiger partial charge in [-0.15, -0.1) is 0 Å². The minimum absolute atomic E-state index is 0.0148. The van der Waals surface area contributed by atoms with E-state index < -0.39 is 66.3 Å². The second kappa shape index (κ2) is 13.0. The van der Waals surface area contributed by atoms with Gasteiger partial charge in [-0.2, -0.15) is 12.6 Å². The molecule has 0 fully saturated rings. The standard InChI is InChI=1S/C17H31N5O7S/c1-7(2)4-9(20-16(27)13(19)8(3)23)14(25)22-11(6-30)15(26)21-10(17(28)29)5-12(18)24/h7-11,13,23,30H,4-6,19H2,1-3H3,(H2,18,24)(H,20,27)(H,21,26)(H,22,25)(H,28,29). The number of aliphatic carboxylic acids is 1. The fourth-order valence-electron chi connectivity index (χ4n) is 2.33. The Morgan fingerprint density at radius 1 is 0.900 bits per heavy atom. The molecule has 13 heteroatoms. The number of primary amides is 1. The molecule has 0 rings (SSSR count). The number of amides is 4. The van der Waals surface area contributed by atoms with Crippen molar-refractivity contribution in [1.29, 1.82) is 0 Å². The van der Waals surface area contributed by atoms with Crippen LogP contribution in [0.5, 0.6) is 0 Å². The molecule has 0 bridgehead atoms. The zero-order valence-electron chi connectivity index (χ0n) is 17.1. The van der Waals surface area contributed by atoms with Gasteiger partial charge in [0, 0.05) is 5.75 Å². The van der Waals surface area contributed by atoms with Crippen molar-refractivity contribution >= 4 is 42.2 Å². The summed E-state index contributed by atoms with van der Waals surface area (Å²) < 4.78 is 0. The van der Waals surface area contributed by atoms with Crippen LogP contribution in [0.25, 0.3) is 0 Å². The number of nitrogens with one attached hydrogen (secondary N) is 3. The number of carbonyl (C=O) groups is 5. The summed E-state index contributed by atoms with van der Waals surface area (Å²) in [5.74, 6) is -4.94. The molecule has 4 amide bonds. The van der Waals surface area contributed by atoms with Crippen LogP contribution in [0.3, 0.4) is 0 Å². The number of carbonyl (C=O) groups excluding carboxylic acids is 4. The Hall–Kier alpha value is -2.38. The first-order valence-corrected chi connectivity index (χ1v) is 9.90. The van der Waals surface area contributed by atoms with Crippen molar-refractivity contribution in [2.75, 3.05) is 5.75 Å². The van der Waals surface area contributed by atoms with Gasteiger partial charge in [0.15, 0.2) is 0 Å². The summed E-state index contributed by atoms with van der Waals surface area (Å²) in [6.45, 7) is 4.95. The highest BCUT2D eigenvalue weighted by Crippen LogP contribution is 2.07. The molecule has 0 saturated carbocycles. The SMILES string of the molecule is CC(C)CC(NC(=O)C(N)C(C)O)C(=O)NC(CS)C(=O)NC(CC(N)=O)C(=O)O. The molecule has 0 aromatic carbocycles. The quantitative estimate of drug-likeness (QED) is 0.136. The molecule has 0 aliphatic rings. The Balaban J connectivity index is 5.26. The van der Waals surface area contributed by atoms with Crippen molar-refractivity contribution in [3.8, 4) is 0 Å². The minimum Gasteiger partial charge on any atom is -0.480 e. The summed E-state index contributed by atoms with van der Waals surface area (Å²) >= 11 is 3.99. The third-order valence-corrected chi connectivity index (χ3v) is 4.36. The van der Waals surface area contributed by atoms with E-state index in [0.717, 1.165) is 0 Å². The molecule has 0 aliphatic heterocycles. The fourth-order valence-corrected chi connectivity index (χ4v) is 2.59. The number of nitrogens with two attached hydrogens (primary N) is 2. The highest BCUT2D eigenvalue weighted by atomic mass is 32.1. The lowest BCUT2D eigenvalue weighted by molar-refractivity contribution is -0.143. The molecule has 5 atom stereocenters. The van der Waals surface area contributed by atoms with Gasteiger partial charge < -0.3 is 37.6 Å². The van der Waals surface area contributed by atoms with Crippen LogP contribution in [0.15, 0.2) is 0 Å². The molecule has 172 valence electrons. The van der Waals surface area contributed by atoms with Crippen molar-refractivity contribution in [1.82, 2.24) is 16.0 Å².